The number of aromatic nitrogens is 3. The fourth-order valence-electron chi connectivity index (χ4n) is 2.34. The quantitative estimate of drug-likeness (QED) is 0.272. The lowest BCUT2D eigenvalue weighted by Gasteiger charge is -2.11. The molecule has 0 spiro atoms. The lowest BCUT2D eigenvalue weighted by Crippen LogP contribution is -2.24. The van der Waals surface area contributed by atoms with Crippen LogP contribution < -0.4 is 11.2 Å². The van der Waals surface area contributed by atoms with Gasteiger partial charge in [-0.05, 0) is 37.3 Å². The largest absolute Gasteiger partial charge is 0.335 e. The molecule has 0 aliphatic heterocycles. The number of hydrogen-bond donors (Lipinski definition) is 2. The van der Waals surface area contributed by atoms with Gasteiger partial charge in [-0.2, -0.15) is 0 Å². The van der Waals surface area contributed by atoms with Gasteiger partial charge in [0.15, 0.2) is 5.82 Å². The molecular formula is C17H15ClN6O3S. The van der Waals surface area contributed by atoms with Gasteiger partial charge in [0.05, 0.1) is 10.2 Å². The second kappa shape index (κ2) is 8.28. The number of thioether (sulfide) groups is 1. The molecule has 3 N–H and O–H groups in total. The van der Waals surface area contributed by atoms with Crippen LogP contribution in [0, 0.1) is 10.1 Å². The smallest absolute Gasteiger partial charge is 0.292 e. The Labute approximate surface area is 169 Å². The third-order valence-electron chi connectivity index (χ3n) is 3.78. The summed E-state index contributed by atoms with van der Waals surface area (Å²) in [7, 11) is 0. The Hall–Kier alpha value is -3.11. The summed E-state index contributed by atoms with van der Waals surface area (Å²) in [6.07, 6.45) is 0. The molecule has 3 aromatic rings. The van der Waals surface area contributed by atoms with E-state index in [4.69, 9.17) is 17.4 Å². The third kappa shape index (κ3) is 4.24. The van der Waals surface area contributed by atoms with Crippen molar-refractivity contribution in [3.63, 3.8) is 0 Å². The van der Waals surface area contributed by atoms with Gasteiger partial charge in [0, 0.05) is 16.7 Å². The topological polar surface area (TPSA) is 129 Å². The second-order valence-corrected chi connectivity index (χ2v) is 7.45. The molecule has 1 heterocycles. The van der Waals surface area contributed by atoms with Gasteiger partial charge in [-0.15, -0.1) is 10.2 Å². The normalized spacial score (nSPS) is 11.8. The van der Waals surface area contributed by atoms with Crippen LogP contribution >= 0.6 is 23.4 Å². The molecule has 1 aromatic heterocycles. The molecule has 0 saturated carbocycles. The molecule has 0 aliphatic rings. The number of halogens is 1. The van der Waals surface area contributed by atoms with Crippen LogP contribution in [0.2, 0.25) is 5.02 Å². The number of nitrogens with zero attached hydrogens (tertiary/aromatic N) is 4. The first-order valence-corrected chi connectivity index (χ1v) is 9.30. The van der Waals surface area contributed by atoms with Crippen molar-refractivity contribution in [1.29, 1.82) is 0 Å². The first-order valence-electron chi connectivity index (χ1n) is 8.04. The van der Waals surface area contributed by atoms with Gasteiger partial charge >= 0.3 is 0 Å². The van der Waals surface area contributed by atoms with E-state index < -0.39 is 16.1 Å². The maximum absolute atomic E-state index is 12.4. The van der Waals surface area contributed by atoms with Crippen molar-refractivity contribution >= 4 is 40.6 Å². The van der Waals surface area contributed by atoms with Gasteiger partial charge in [0.2, 0.25) is 11.1 Å². The fourth-order valence-corrected chi connectivity index (χ4v) is 3.23. The van der Waals surface area contributed by atoms with Crippen LogP contribution in [0.25, 0.3) is 11.4 Å². The summed E-state index contributed by atoms with van der Waals surface area (Å²) < 4.78 is 1.28. The summed E-state index contributed by atoms with van der Waals surface area (Å²) in [5.41, 5.74) is 0.671. The number of para-hydroxylation sites is 2. The number of amides is 1. The number of nitro benzene ring substituents is 1. The second-order valence-electron chi connectivity index (χ2n) is 5.71. The predicted octanol–water partition coefficient (Wildman–Crippen LogP) is 3.34. The van der Waals surface area contributed by atoms with Crippen LogP contribution in [0.15, 0.2) is 53.7 Å². The maximum Gasteiger partial charge on any atom is 0.292 e. The van der Waals surface area contributed by atoms with Gasteiger partial charge in [0.1, 0.15) is 5.69 Å². The zero-order chi connectivity index (χ0) is 20.3. The standard InChI is InChI=1S/C17H15ClN6O3S/c1-10(16(25)20-13-4-2-3-5-14(13)24(26)27)28-17-22-21-15(23(17)19)11-6-8-12(18)9-7-11/h2-10H,19H2,1H3,(H,20,25). The number of nitro groups is 1. The van der Waals surface area contributed by atoms with Crippen LogP contribution in [-0.2, 0) is 4.79 Å². The van der Waals surface area contributed by atoms with E-state index in [-0.39, 0.29) is 11.4 Å². The summed E-state index contributed by atoms with van der Waals surface area (Å²) in [6, 6.07) is 12.9. The Morgan fingerprint density at radius 3 is 2.61 bits per heavy atom. The highest BCUT2D eigenvalue weighted by Crippen LogP contribution is 2.28. The highest BCUT2D eigenvalue weighted by Gasteiger charge is 2.22. The molecule has 3 rings (SSSR count). The van der Waals surface area contributed by atoms with E-state index in [9.17, 15) is 14.9 Å². The highest BCUT2D eigenvalue weighted by molar-refractivity contribution is 8.00. The van der Waals surface area contributed by atoms with E-state index >= 15 is 0 Å². The molecule has 1 atom stereocenters. The molecule has 28 heavy (non-hydrogen) atoms. The minimum Gasteiger partial charge on any atom is -0.335 e. The fraction of sp³-hybridized carbons (Fsp3) is 0.118. The lowest BCUT2D eigenvalue weighted by molar-refractivity contribution is -0.383. The van der Waals surface area contributed by atoms with Crippen molar-refractivity contribution in [1.82, 2.24) is 14.9 Å². The molecule has 0 fully saturated rings. The van der Waals surface area contributed by atoms with Crippen LogP contribution in [0.5, 0.6) is 0 Å². The number of carbonyl (C=O) groups excluding carboxylic acids is 1. The van der Waals surface area contributed by atoms with Crippen molar-refractivity contribution in [3.05, 3.63) is 63.7 Å². The summed E-state index contributed by atoms with van der Waals surface area (Å²) >= 11 is 6.97. The van der Waals surface area contributed by atoms with E-state index in [1.54, 1.807) is 37.3 Å². The van der Waals surface area contributed by atoms with Crippen molar-refractivity contribution in [2.45, 2.75) is 17.3 Å². The van der Waals surface area contributed by atoms with Crippen LogP contribution in [-0.4, -0.2) is 31.0 Å². The van der Waals surface area contributed by atoms with Crippen molar-refractivity contribution < 1.29 is 9.72 Å². The van der Waals surface area contributed by atoms with E-state index in [2.05, 4.69) is 15.5 Å². The van der Waals surface area contributed by atoms with E-state index in [1.807, 2.05) is 0 Å². The zero-order valence-corrected chi connectivity index (χ0v) is 16.1. The van der Waals surface area contributed by atoms with Gasteiger partial charge in [-0.1, -0.05) is 35.5 Å². The summed E-state index contributed by atoms with van der Waals surface area (Å²) in [4.78, 5) is 23.0. The van der Waals surface area contributed by atoms with Crippen LogP contribution in [0.4, 0.5) is 11.4 Å². The number of nitrogens with two attached hydrogens (primary N) is 1. The lowest BCUT2D eigenvalue weighted by atomic mass is 10.2. The zero-order valence-electron chi connectivity index (χ0n) is 14.6. The molecule has 11 heteroatoms. The first kappa shape index (κ1) is 19.6. The third-order valence-corrected chi connectivity index (χ3v) is 5.09. The average molecular weight is 419 g/mol. The molecule has 0 aliphatic carbocycles. The van der Waals surface area contributed by atoms with Gasteiger partial charge in [-0.3, -0.25) is 14.9 Å². The summed E-state index contributed by atoms with van der Waals surface area (Å²) in [5.74, 6) is 6.06. The predicted molar refractivity (Wildman–Crippen MR) is 108 cm³/mol. The Kier molecular flexibility index (Phi) is 5.81. The SMILES string of the molecule is CC(Sc1nnc(-c2ccc(Cl)cc2)n1N)C(=O)Nc1ccccc1[N+](=O)[O-]. The number of carbonyl (C=O) groups is 1. The molecule has 1 unspecified atom stereocenters. The van der Waals surface area contributed by atoms with Gasteiger partial charge < -0.3 is 11.2 Å². The molecule has 0 saturated heterocycles. The van der Waals surface area contributed by atoms with Gasteiger partial charge in [-0.25, -0.2) is 4.68 Å². The highest BCUT2D eigenvalue weighted by atomic mass is 35.5. The molecule has 2 aromatic carbocycles. The molecule has 144 valence electrons. The van der Waals surface area contributed by atoms with Crippen molar-refractivity contribution in [2.24, 2.45) is 0 Å². The number of nitrogen functional groups attached to an aromatic ring is 1. The van der Waals surface area contributed by atoms with Crippen molar-refractivity contribution in [2.75, 3.05) is 11.2 Å². The summed E-state index contributed by atoms with van der Waals surface area (Å²) in [6.45, 7) is 1.64. The minimum absolute atomic E-state index is 0.126. The van der Waals surface area contributed by atoms with E-state index in [1.165, 1.54) is 22.9 Å². The first-order chi connectivity index (χ1) is 13.4. The van der Waals surface area contributed by atoms with Gasteiger partial charge in [0.25, 0.3) is 5.69 Å². The van der Waals surface area contributed by atoms with E-state index in [0.717, 1.165) is 17.3 Å². The Bertz CT molecular complexity index is 1020. The van der Waals surface area contributed by atoms with Crippen LogP contribution in [0.1, 0.15) is 6.92 Å². The molecule has 1 amide bonds. The monoisotopic (exact) mass is 418 g/mol. The minimum atomic E-state index is -0.621. The molecule has 9 nitrogen and oxygen atoms in total. The number of hydrogen-bond acceptors (Lipinski definition) is 7. The molecule has 0 radical (unpaired) electrons. The Morgan fingerprint density at radius 2 is 1.93 bits per heavy atom. The number of benzene rings is 2. The molecular weight excluding hydrogens is 404 g/mol. The molecule has 0 bridgehead atoms. The summed E-state index contributed by atoms with van der Waals surface area (Å²) in [5, 5.41) is 22.0. The van der Waals surface area contributed by atoms with Crippen LogP contribution in [0.3, 0.4) is 0 Å². The Balaban J connectivity index is 1.73. The van der Waals surface area contributed by atoms with E-state index in [0.29, 0.717) is 16.0 Å². The van der Waals surface area contributed by atoms with Crippen molar-refractivity contribution in [3.8, 4) is 11.4 Å². The average Bonchev–Trinajstić information content (AvgIpc) is 3.03. The maximum atomic E-state index is 12.4. The number of anilines is 1. The number of rotatable bonds is 6. The Morgan fingerprint density at radius 1 is 1.25 bits per heavy atom. The number of nitrogens with one attached hydrogen (secondary N) is 1.